The topological polar surface area (TPSA) is 29.1 Å². The highest BCUT2D eigenvalue weighted by Gasteiger charge is 2.24. The van der Waals surface area contributed by atoms with Gasteiger partial charge in [-0.05, 0) is 79.8 Å². The van der Waals surface area contributed by atoms with E-state index in [1.807, 2.05) is 42.5 Å². The van der Waals surface area contributed by atoms with Crippen molar-refractivity contribution in [1.82, 2.24) is 0 Å². The highest BCUT2D eigenvalue weighted by molar-refractivity contribution is 6.36. The third-order valence-electron chi connectivity index (χ3n) is 5.91. The third kappa shape index (κ3) is 5.75. The third-order valence-corrected chi connectivity index (χ3v) is 6.59. The minimum Gasteiger partial charge on any atom is -0.326 e. The summed E-state index contributed by atoms with van der Waals surface area (Å²) < 4.78 is 0. The lowest BCUT2D eigenvalue weighted by Crippen LogP contribution is -2.22. The molecule has 0 spiro atoms. The molecule has 2 unspecified atom stereocenters. The molecule has 0 radical (unpaired) electrons. The molecule has 2 aromatic rings. The fraction of sp³-hybridized carbons (Fsp3) is 0.458. The Kier molecular flexibility index (Phi) is 7.82. The van der Waals surface area contributed by atoms with Crippen LogP contribution in [0, 0.1) is 11.8 Å². The van der Waals surface area contributed by atoms with E-state index in [0.717, 1.165) is 66.2 Å². The summed E-state index contributed by atoms with van der Waals surface area (Å²) in [7, 11) is 0. The van der Waals surface area contributed by atoms with Gasteiger partial charge in [0.05, 0.1) is 0 Å². The van der Waals surface area contributed by atoms with Crippen LogP contribution in [-0.2, 0) is 17.6 Å². The lowest BCUT2D eigenvalue weighted by atomic mass is 9.91. The molecule has 2 nitrogen and oxygen atoms in total. The lowest BCUT2D eigenvalue weighted by molar-refractivity contribution is -0.120. The summed E-state index contributed by atoms with van der Waals surface area (Å²) in [5.74, 6) is 0.904. The molecule has 1 amide bonds. The zero-order valence-corrected chi connectivity index (χ0v) is 18.0. The fourth-order valence-electron chi connectivity index (χ4n) is 4.14. The Bertz CT molecular complexity index is 767. The van der Waals surface area contributed by atoms with Crippen LogP contribution in [0.4, 0.5) is 5.69 Å². The first-order valence-corrected chi connectivity index (χ1v) is 11.1. The van der Waals surface area contributed by atoms with Crippen LogP contribution in [0.2, 0.25) is 10.0 Å². The summed E-state index contributed by atoms with van der Waals surface area (Å²) in [5, 5.41) is 4.64. The molecule has 28 heavy (non-hydrogen) atoms. The first-order chi connectivity index (χ1) is 13.6. The van der Waals surface area contributed by atoms with Crippen molar-refractivity contribution < 1.29 is 4.79 Å². The van der Waals surface area contributed by atoms with Crippen molar-refractivity contribution in [2.24, 2.45) is 11.8 Å². The zero-order chi connectivity index (χ0) is 19.9. The van der Waals surface area contributed by atoms with Crippen molar-refractivity contribution in [2.45, 2.75) is 58.3 Å². The first-order valence-electron chi connectivity index (χ1n) is 10.4. The van der Waals surface area contributed by atoms with Crippen LogP contribution in [0.5, 0.6) is 0 Å². The van der Waals surface area contributed by atoms with Gasteiger partial charge in [0.25, 0.3) is 0 Å². The number of halogens is 2. The molecule has 1 saturated carbocycles. The molecule has 4 heteroatoms. The Balaban J connectivity index is 1.52. The summed E-state index contributed by atoms with van der Waals surface area (Å²) >= 11 is 12.9. The number of anilines is 1. The minimum absolute atomic E-state index is 0.112. The molecule has 1 fully saturated rings. The van der Waals surface area contributed by atoms with Crippen LogP contribution in [0.25, 0.3) is 0 Å². The quantitative estimate of drug-likeness (QED) is 0.489. The Morgan fingerprint density at radius 1 is 1.04 bits per heavy atom. The lowest BCUT2D eigenvalue weighted by Gasteiger charge is -2.16. The average Bonchev–Trinajstić information content (AvgIpc) is 2.94. The standard InChI is InChI=1S/C24H29Cl2NO/c1-2-17-15-22(25)21(23(26)16-17)14-12-18-7-6-8-19(13-11-18)24(28)27-20-9-4-3-5-10-20/h3-5,9-10,15-16,18-19H,2,6-8,11-14H2,1H3,(H,27,28). The summed E-state index contributed by atoms with van der Waals surface area (Å²) in [5.41, 5.74) is 3.14. The molecule has 150 valence electrons. The molecule has 2 atom stereocenters. The number of aryl methyl sites for hydroxylation is 1. The minimum atomic E-state index is 0.112. The molecule has 1 aliphatic rings. The van der Waals surface area contributed by atoms with Gasteiger partial charge in [-0.25, -0.2) is 0 Å². The van der Waals surface area contributed by atoms with Gasteiger partial charge in [0, 0.05) is 21.7 Å². The molecule has 0 heterocycles. The maximum atomic E-state index is 12.6. The molecule has 2 aromatic carbocycles. The molecule has 0 aromatic heterocycles. The van der Waals surface area contributed by atoms with E-state index in [1.165, 1.54) is 12.0 Å². The van der Waals surface area contributed by atoms with Crippen LogP contribution < -0.4 is 5.32 Å². The predicted molar refractivity (Wildman–Crippen MR) is 119 cm³/mol. The van der Waals surface area contributed by atoms with E-state index in [1.54, 1.807) is 0 Å². The maximum absolute atomic E-state index is 12.6. The molecule has 0 saturated heterocycles. The van der Waals surface area contributed by atoms with Crippen molar-refractivity contribution in [3.8, 4) is 0 Å². The van der Waals surface area contributed by atoms with Gasteiger partial charge in [0.15, 0.2) is 0 Å². The highest BCUT2D eigenvalue weighted by atomic mass is 35.5. The Morgan fingerprint density at radius 2 is 1.75 bits per heavy atom. The van der Waals surface area contributed by atoms with Gasteiger partial charge in [-0.15, -0.1) is 0 Å². The van der Waals surface area contributed by atoms with Crippen LogP contribution in [-0.4, -0.2) is 5.91 Å². The van der Waals surface area contributed by atoms with E-state index in [4.69, 9.17) is 23.2 Å². The number of rotatable bonds is 6. The van der Waals surface area contributed by atoms with E-state index in [9.17, 15) is 4.79 Å². The van der Waals surface area contributed by atoms with Crippen LogP contribution in [0.15, 0.2) is 42.5 Å². The molecule has 0 bridgehead atoms. The summed E-state index contributed by atoms with van der Waals surface area (Å²) in [6, 6.07) is 13.8. The monoisotopic (exact) mass is 417 g/mol. The number of nitrogens with one attached hydrogen (secondary N) is 1. The van der Waals surface area contributed by atoms with Crippen molar-refractivity contribution >= 4 is 34.8 Å². The average molecular weight is 418 g/mol. The Labute approximate surface area is 178 Å². The first kappa shape index (κ1) is 21.2. The molecule has 1 N–H and O–H groups in total. The van der Waals surface area contributed by atoms with Gasteiger partial charge >= 0.3 is 0 Å². The van der Waals surface area contributed by atoms with E-state index >= 15 is 0 Å². The number of benzene rings is 2. The SMILES string of the molecule is CCc1cc(Cl)c(CCC2CCCC(C(=O)Nc3ccccc3)CC2)c(Cl)c1. The van der Waals surface area contributed by atoms with Gasteiger partial charge in [-0.3, -0.25) is 4.79 Å². The number of para-hydroxylation sites is 1. The Hall–Kier alpha value is -1.51. The summed E-state index contributed by atoms with van der Waals surface area (Å²) in [4.78, 5) is 12.6. The maximum Gasteiger partial charge on any atom is 0.227 e. The van der Waals surface area contributed by atoms with Gasteiger partial charge in [0.2, 0.25) is 5.91 Å². The van der Waals surface area contributed by atoms with Crippen LogP contribution in [0.3, 0.4) is 0 Å². The normalized spacial score (nSPS) is 19.8. The summed E-state index contributed by atoms with van der Waals surface area (Å²) in [6.07, 6.45) is 8.24. The summed E-state index contributed by atoms with van der Waals surface area (Å²) in [6.45, 7) is 2.11. The fourth-order valence-corrected chi connectivity index (χ4v) is 4.86. The Morgan fingerprint density at radius 3 is 2.43 bits per heavy atom. The number of hydrogen-bond donors (Lipinski definition) is 1. The van der Waals surface area contributed by atoms with Gasteiger partial charge in [-0.1, -0.05) is 61.2 Å². The van der Waals surface area contributed by atoms with Crippen molar-refractivity contribution in [2.75, 3.05) is 5.32 Å². The second-order valence-corrected chi connectivity index (χ2v) is 8.67. The smallest absolute Gasteiger partial charge is 0.227 e. The highest BCUT2D eigenvalue weighted by Crippen LogP contribution is 2.34. The van der Waals surface area contributed by atoms with Gasteiger partial charge in [-0.2, -0.15) is 0 Å². The zero-order valence-electron chi connectivity index (χ0n) is 16.5. The second kappa shape index (κ2) is 10.3. The second-order valence-electron chi connectivity index (χ2n) is 7.86. The van der Waals surface area contributed by atoms with Crippen LogP contribution in [0.1, 0.15) is 56.6 Å². The largest absolute Gasteiger partial charge is 0.326 e. The number of carbonyl (C=O) groups is 1. The molecular formula is C24H29Cl2NO. The van der Waals surface area contributed by atoms with Crippen molar-refractivity contribution in [3.63, 3.8) is 0 Å². The number of carbonyl (C=O) groups excluding carboxylic acids is 1. The predicted octanol–water partition coefficient (Wildman–Crippen LogP) is 7.32. The van der Waals surface area contributed by atoms with Gasteiger partial charge < -0.3 is 5.32 Å². The molecule has 3 rings (SSSR count). The molecular weight excluding hydrogens is 389 g/mol. The van der Waals surface area contributed by atoms with Crippen molar-refractivity contribution in [1.29, 1.82) is 0 Å². The number of hydrogen-bond acceptors (Lipinski definition) is 1. The van der Waals surface area contributed by atoms with E-state index in [0.29, 0.717) is 5.92 Å². The van der Waals surface area contributed by atoms with E-state index < -0.39 is 0 Å². The van der Waals surface area contributed by atoms with Crippen LogP contribution >= 0.6 is 23.2 Å². The molecule has 1 aliphatic carbocycles. The van der Waals surface area contributed by atoms with E-state index in [-0.39, 0.29) is 11.8 Å². The van der Waals surface area contributed by atoms with E-state index in [2.05, 4.69) is 12.2 Å². The van der Waals surface area contributed by atoms with Crippen molar-refractivity contribution in [3.05, 3.63) is 63.6 Å². The molecule has 0 aliphatic heterocycles. The number of amides is 1. The van der Waals surface area contributed by atoms with Gasteiger partial charge in [0.1, 0.15) is 0 Å².